The van der Waals surface area contributed by atoms with Crippen molar-refractivity contribution in [2.24, 2.45) is 16.9 Å². The number of hydrazone groups is 1. The molecule has 0 unspecified atom stereocenters. The first-order valence-corrected chi connectivity index (χ1v) is 13.7. The number of amides is 3. The first-order chi connectivity index (χ1) is 19.4. The Labute approximate surface area is 238 Å². The largest absolute Gasteiger partial charge is 0.398 e. The molecular formula is C32H23BrN4O3. The lowest BCUT2D eigenvalue weighted by Gasteiger charge is -2.52. The van der Waals surface area contributed by atoms with Crippen molar-refractivity contribution in [2.75, 3.05) is 10.6 Å². The van der Waals surface area contributed by atoms with Crippen molar-refractivity contribution in [1.82, 2.24) is 5.43 Å². The van der Waals surface area contributed by atoms with E-state index < -0.39 is 23.2 Å². The van der Waals surface area contributed by atoms with Crippen LogP contribution in [0.15, 0.2) is 107 Å². The van der Waals surface area contributed by atoms with E-state index in [1.807, 2.05) is 60.7 Å². The predicted molar refractivity (Wildman–Crippen MR) is 156 cm³/mol. The molecule has 2 atom stereocenters. The second-order valence-electron chi connectivity index (χ2n) is 10.3. The summed E-state index contributed by atoms with van der Waals surface area (Å²) in [4.78, 5) is 42.8. The van der Waals surface area contributed by atoms with Gasteiger partial charge in [-0.2, -0.15) is 5.10 Å². The van der Waals surface area contributed by atoms with Gasteiger partial charge >= 0.3 is 0 Å². The topological polar surface area (TPSA) is 105 Å². The van der Waals surface area contributed by atoms with E-state index >= 15 is 0 Å². The Morgan fingerprint density at radius 2 is 1.45 bits per heavy atom. The standard InChI is InChI=1S/C32H23BrN4O3/c33-18-13-15-19(16-14-18)37-30(39)27-26-20-7-1-4-10-23(20)32(28(27)31(37)40,24-11-5-2-8-21(24)26)17-35-36-29(38)22-9-3-6-12-25(22)34/h1-17,26-28H,34H2,(H,36,38)/b35-17-/t26?,27-,28+,32?/m1/s1. The van der Waals surface area contributed by atoms with Crippen molar-refractivity contribution in [3.63, 3.8) is 0 Å². The highest BCUT2D eigenvalue weighted by atomic mass is 79.9. The number of anilines is 2. The maximum atomic E-state index is 14.3. The van der Waals surface area contributed by atoms with Crippen LogP contribution in [0.5, 0.6) is 0 Å². The molecule has 8 rings (SSSR count). The second-order valence-corrected chi connectivity index (χ2v) is 11.2. The highest BCUT2D eigenvalue weighted by Gasteiger charge is 2.68. The first kappa shape index (κ1) is 24.5. The number of hydrogen-bond acceptors (Lipinski definition) is 5. The van der Waals surface area contributed by atoms with Crippen LogP contribution in [-0.4, -0.2) is 23.9 Å². The Hall–Kier alpha value is -4.56. The SMILES string of the molecule is Nc1ccccc1C(=O)N/N=C\C12c3ccccc3C(c3ccccc31)[C@H]1C(=O)N(c3ccc(Br)cc3)C(=O)[C@H]12. The van der Waals surface area contributed by atoms with Gasteiger partial charge in [-0.05, 0) is 58.7 Å². The van der Waals surface area contributed by atoms with Crippen LogP contribution >= 0.6 is 15.9 Å². The zero-order valence-corrected chi connectivity index (χ0v) is 22.7. The van der Waals surface area contributed by atoms with Crippen molar-refractivity contribution in [2.45, 2.75) is 11.3 Å². The van der Waals surface area contributed by atoms with Gasteiger partial charge in [-0.15, -0.1) is 0 Å². The molecular weight excluding hydrogens is 568 g/mol. The normalized spacial score (nSPS) is 24.1. The molecule has 196 valence electrons. The zero-order chi connectivity index (χ0) is 27.6. The molecule has 0 spiro atoms. The molecule has 1 heterocycles. The van der Waals surface area contributed by atoms with Crippen LogP contribution in [-0.2, 0) is 15.0 Å². The van der Waals surface area contributed by atoms with Crippen LogP contribution in [0.25, 0.3) is 0 Å². The van der Waals surface area contributed by atoms with Gasteiger partial charge < -0.3 is 5.73 Å². The molecule has 7 nitrogen and oxygen atoms in total. The average molecular weight is 591 g/mol. The fraction of sp³-hybridized carbons (Fsp3) is 0.125. The lowest BCUT2D eigenvalue weighted by Crippen LogP contribution is -2.54. The minimum atomic E-state index is -1.07. The second kappa shape index (κ2) is 8.99. The summed E-state index contributed by atoms with van der Waals surface area (Å²) in [6.45, 7) is 0. The van der Waals surface area contributed by atoms with Crippen molar-refractivity contribution in [3.8, 4) is 0 Å². The van der Waals surface area contributed by atoms with Crippen molar-refractivity contribution in [1.29, 1.82) is 0 Å². The van der Waals surface area contributed by atoms with Crippen LogP contribution in [0, 0.1) is 11.8 Å². The van der Waals surface area contributed by atoms with Crippen molar-refractivity contribution >= 4 is 51.2 Å². The number of para-hydroxylation sites is 1. The number of nitrogens with two attached hydrogens (primary N) is 1. The molecule has 3 N–H and O–H groups in total. The first-order valence-electron chi connectivity index (χ1n) is 12.9. The van der Waals surface area contributed by atoms with Crippen LogP contribution in [0.2, 0.25) is 0 Å². The van der Waals surface area contributed by atoms with E-state index in [0.717, 1.165) is 26.7 Å². The number of nitrogens with one attached hydrogen (secondary N) is 1. The smallest absolute Gasteiger partial charge is 0.273 e. The monoisotopic (exact) mass is 590 g/mol. The molecule has 4 aromatic rings. The molecule has 40 heavy (non-hydrogen) atoms. The number of nitrogens with zero attached hydrogens (tertiary/aromatic N) is 2. The third-order valence-corrected chi connectivity index (χ3v) is 8.94. The summed E-state index contributed by atoms with van der Waals surface area (Å²) in [5.74, 6) is -2.60. The summed E-state index contributed by atoms with van der Waals surface area (Å²) in [5.41, 5.74) is 12.5. The Kier molecular flexibility index (Phi) is 5.50. The molecule has 1 saturated heterocycles. The summed E-state index contributed by atoms with van der Waals surface area (Å²) in [6.07, 6.45) is 1.64. The predicted octanol–water partition coefficient (Wildman–Crippen LogP) is 5.00. The highest BCUT2D eigenvalue weighted by Crippen LogP contribution is 2.63. The van der Waals surface area contributed by atoms with E-state index in [1.165, 1.54) is 4.90 Å². The van der Waals surface area contributed by atoms with Gasteiger partial charge in [0.05, 0.1) is 28.5 Å². The Morgan fingerprint density at radius 3 is 2.10 bits per heavy atom. The lowest BCUT2D eigenvalue weighted by molar-refractivity contribution is -0.122. The quantitative estimate of drug-likeness (QED) is 0.151. The third-order valence-electron chi connectivity index (χ3n) is 8.41. The minimum absolute atomic E-state index is 0.231. The van der Waals surface area contributed by atoms with E-state index in [-0.39, 0.29) is 17.7 Å². The van der Waals surface area contributed by atoms with Gasteiger partial charge in [0.1, 0.15) is 0 Å². The zero-order valence-electron chi connectivity index (χ0n) is 21.1. The molecule has 3 amide bonds. The van der Waals surface area contributed by atoms with Gasteiger partial charge in [0.15, 0.2) is 0 Å². The molecule has 0 saturated carbocycles. The number of halogens is 1. The van der Waals surface area contributed by atoms with Crippen molar-refractivity contribution in [3.05, 3.63) is 129 Å². The summed E-state index contributed by atoms with van der Waals surface area (Å²) in [6, 6.07) is 29.8. The lowest BCUT2D eigenvalue weighted by atomic mass is 9.47. The number of rotatable bonds is 4. The number of carbonyl (C=O) groups excluding carboxylic acids is 3. The number of nitrogen functional groups attached to an aromatic ring is 1. The molecule has 4 aliphatic rings. The molecule has 4 aromatic carbocycles. The Morgan fingerprint density at radius 1 is 0.850 bits per heavy atom. The van der Waals surface area contributed by atoms with E-state index in [9.17, 15) is 14.4 Å². The van der Waals surface area contributed by atoms with E-state index in [1.54, 1.807) is 42.6 Å². The molecule has 8 heteroatoms. The maximum Gasteiger partial charge on any atom is 0.273 e. The minimum Gasteiger partial charge on any atom is -0.398 e. The van der Waals surface area contributed by atoms with Crippen molar-refractivity contribution < 1.29 is 14.4 Å². The van der Waals surface area contributed by atoms with Crippen LogP contribution in [0.4, 0.5) is 11.4 Å². The molecule has 2 bridgehead atoms. The van der Waals surface area contributed by atoms with Crippen LogP contribution in [0.1, 0.15) is 38.5 Å². The molecule has 3 aliphatic carbocycles. The summed E-state index contributed by atoms with van der Waals surface area (Å²) < 4.78 is 0.853. The Balaban J connectivity index is 1.41. The number of hydrogen-bond donors (Lipinski definition) is 2. The van der Waals surface area contributed by atoms with Gasteiger partial charge in [-0.3, -0.25) is 14.4 Å². The molecule has 1 aliphatic heterocycles. The number of carbonyl (C=O) groups is 3. The molecule has 1 fully saturated rings. The van der Waals surface area contributed by atoms with E-state index in [2.05, 4.69) is 26.5 Å². The fourth-order valence-electron chi connectivity index (χ4n) is 6.85. The third kappa shape index (κ3) is 3.29. The number of benzene rings is 4. The highest BCUT2D eigenvalue weighted by molar-refractivity contribution is 9.10. The van der Waals surface area contributed by atoms with Gasteiger partial charge in [0.2, 0.25) is 11.8 Å². The van der Waals surface area contributed by atoms with Gasteiger partial charge in [0, 0.05) is 22.3 Å². The van der Waals surface area contributed by atoms with Gasteiger partial charge in [0.25, 0.3) is 5.91 Å². The van der Waals surface area contributed by atoms with E-state index in [4.69, 9.17) is 5.73 Å². The summed E-state index contributed by atoms with van der Waals surface area (Å²) in [5, 5.41) is 4.44. The number of imide groups is 1. The average Bonchev–Trinajstić information content (AvgIpc) is 3.24. The van der Waals surface area contributed by atoms with Gasteiger partial charge in [-0.25, -0.2) is 10.3 Å². The van der Waals surface area contributed by atoms with E-state index in [0.29, 0.717) is 16.9 Å². The van der Waals surface area contributed by atoms with Crippen LogP contribution < -0.4 is 16.1 Å². The molecule has 0 aromatic heterocycles. The summed E-state index contributed by atoms with van der Waals surface area (Å²) in [7, 11) is 0. The van der Waals surface area contributed by atoms with Gasteiger partial charge in [-0.1, -0.05) is 76.6 Å². The Bertz CT molecular complexity index is 1700. The maximum absolute atomic E-state index is 14.3. The van der Waals surface area contributed by atoms with Crippen LogP contribution in [0.3, 0.4) is 0 Å². The summed E-state index contributed by atoms with van der Waals surface area (Å²) >= 11 is 3.44. The molecule has 0 radical (unpaired) electrons. The fourth-order valence-corrected chi connectivity index (χ4v) is 7.12.